The Hall–Kier alpha value is -2.21. The van der Waals surface area contributed by atoms with Crippen molar-refractivity contribution in [3.05, 3.63) is 48.0 Å². The highest BCUT2D eigenvalue weighted by atomic mass is 16.3. The van der Waals surface area contributed by atoms with Crippen LogP contribution in [-0.4, -0.2) is 32.3 Å². The highest BCUT2D eigenvalue weighted by Crippen LogP contribution is 2.18. The van der Waals surface area contributed by atoms with Crippen molar-refractivity contribution in [3.8, 4) is 0 Å². The normalized spacial score (nSPS) is 13.8. The van der Waals surface area contributed by atoms with E-state index in [0.29, 0.717) is 11.1 Å². The number of carbonyl (C=O) groups is 1. The van der Waals surface area contributed by atoms with E-state index in [0.717, 1.165) is 0 Å². The minimum Gasteiger partial charge on any atom is -0.383 e. The fourth-order valence-corrected chi connectivity index (χ4v) is 1.66. The Balaban J connectivity index is 2.00. The predicted octanol–water partition coefficient (Wildman–Crippen LogP) is 0.453. The molecule has 0 aromatic carbocycles. The Kier molecular flexibility index (Phi) is 3.62. The zero-order valence-electron chi connectivity index (χ0n) is 10.9. The lowest BCUT2D eigenvalue weighted by atomic mass is 9.99. The molecular formula is C13H16N4O2. The molecule has 1 atom stereocenters. The second kappa shape index (κ2) is 5.19. The second-order valence-electron chi connectivity index (χ2n) is 4.60. The number of aliphatic hydroxyl groups is 1. The smallest absolute Gasteiger partial charge is 0.251 e. The molecule has 0 aliphatic heterocycles. The van der Waals surface area contributed by atoms with Gasteiger partial charge in [-0.25, -0.2) is 0 Å². The average molecular weight is 260 g/mol. The summed E-state index contributed by atoms with van der Waals surface area (Å²) in [5, 5.41) is 17.0. The van der Waals surface area contributed by atoms with Gasteiger partial charge in [0.2, 0.25) is 0 Å². The van der Waals surface area contributed by atoms with Gasteiger partial charge in [-0.1, -0.05) is 0 Å². The number of hydrogen-bond acceptors (Lipinski definition) is 4. The van der Waals surface area contributed by atoms with Crippen LogP contribution in [0.5, 0.6) is 0 Å². The number of aromatic nitrogens is 3. The van der Waals surface area contributed by atoms with Crippen LogP contribution in [0.2, 0.25) is 0 Å². The maximum absolute atomic E-state index is 11.9. The zero-order chi connectivity index (χ0) is 13.9. The van der Waals surface area contributed by atoms with Gasteiger partial charge in [0.15, 0.2) is 0 Å². The Labute approximate surface area is 111 Å². The minimum absolute atomic E-state index is 0.111. The third-order valence-corrected chi connectivity index (χ3v) is 2.86. The summed E-state index contributed by atoms with van der Waals surface area (Å²) < 4.78 is 1.61. The van der Waals surface area contributed by atoms with E-state index in [1.165, 1.54) is 0 Å². The van der Waals surface area contributed by atoms with E-state index >= 15 is 0 Å². The molecule has 1 amide bonds. The summed E-state index contributed by atoms with van der Waals surface area (Å²) in [6, 6.07) is 3.24. The van der Waals surface area contributed by atoms with Gasteiger partial charge in [0.25, 0.3) is 5.91 Å². The third kappa shape index (κ3) is 3.17. The van der Waals surface area contributed by atoms with Crippen LogP contribution in [0.25, 0.3) is 0 Å². The SMILES string of the molecule is Cn1cc(C(C)(O)CNC(=O)c2ccncc2)cn1. The molecule has 0 aliphatic rings. The Morgan fingerprint density at radius 3 is 2.74 bits per heavy atom. The van der Waals surface area contributed by atoms with E-state index in [2.05, 4.69) is 15.4 Å². The molecule has 0 fully saturated rings. The van der Waals surface area contributed by atoms with Crippen molar-refractivity contribution in [2.45, 2.75) is 12.5 Å². The first-order valence-corrected chi connectivity index (χ1v) is 5.89. The first-order chi connectivity index (χ1) is 8.99. The van der Waals surface area contributed by atoms with Crippen molar-refractivity contribution >= 4 is 5.91 Å². The summed E-state index contributed by atoms with van der Waals surface area (Å²) in [5.74, 6) is -0.244. The highest BCUT2D eigenvalue weighted by Gasteiger charge is 2.25. The van der Waals surface area contributed by atoms with Crippen LogP contribution in [0, 0.1) is 0 Å². The Morgan fingerprint density at radius 2 is 2.16 bits per heavy atom. The van der Waals surface area contributed by atoms with Crippen molar-refractivity contribution in [2.75, 3.05) is 6.54 Å². The van der Waals surface area contributed by atoms with Crippen molar-refractivity contribution in [3.63, 3.8) is 0 Å². The molecule has 19 heavy (non-hydrogen) atoms. The summed E-state index contributed by atoms with van der Waals surface area (Å²) in [7, 11) is 1.77. The monoisotopic (exact) mass is 260 g/mol. The number of pyridine rings is 1. The van der Waals surface area contributed by atoms with Crippen molar-refractivity contribution in [1.82, 2.24) is 20.1 Å². The molecule has 6 heteroatoms. The lowest BCUT2D eigenvalue weighted by Gasteiger charge is -2.22. The molecule has 100 valence electrons. The van der Waals surface area contributed by atoms with Gasteiger partial charge in [-0.05, 0) is 19.1 Å². The van der Waals surface area contributed by atoms with Crippen LogP contribution in [0.3, 0.4) is 0 Å². The molecule has 0 aliphatic carbocycles. The summed E-state index contributed by atoms with van der Waals surface area (Å²) in [4.78, 5) is 15.7. The van der Waals surface area contributed by atoms with Crippen LogP contribution >= 0.6 is 0 Å². The van der Waals surface area contributed by atoms with Crippen molar-refractivity contribution in [2.24, 2.45) is 7.05 Å². The van der Waals surface area contributed by atoms with E-state index in [1.54, 1.807) is 55.6 Å². The van der Waals surface area contributed by atoms with E-state index in [-0.39, 0.29) is 12.5 Å². The molecule has 1 unspecified atom stereocenters. The molecule has 2 aromatic heterocycles. The summed E-state index contributed by atoms with van der Waals surface area (Å²) in [6.45, 7) is 1.75. The molecule has 0 radical (unpaired) electrons. The first-order valence-electron chi connectivity index (χ1n) is 5.89. The number of carbonyl (C=O) groups excluding carboxylic acids is 1. The summed E-state index contributed by atoms with van der Waals surface area (Å²) in [5.41, 5.74) is 0.0127. The van der Waals surface area contributed by atoms with Gasteiger partial charge >= 0.3 is 0 Å². The number of amides is 1. The van der Waals surface area contributed by atoms with Gasteiger partial charge in [-0.15, -0.1) is 0 Å². The lowest BCUT2D eigenvalue weighted by Crippen LogP contribution is -2.38. The van der Waals surface area contributed by atoms with Crippen LogP contribution in [0.1, 0.15) is 22.8 Å². The summed E-state index contributed by atoms with van der Waals surface area (Å²) >= 11 is 0. The number of hydrogen-bond donors (Lipinski definition) is 2. The molecule has 0 bridgehead atoms. The molecular weight excluding hydrogens is 244 g/mol. The highest BCUT2D eigenvalue weighted by molar-refractivity contribution is 5.94. The van der Waals surface area contributed by atoms with E-state index in [9.17, 15) is 9.90 Å². The fourth-order valence-electron chi connectivity index (χ4n) is 1.66. The van der Waals surface area contributed by atoms with Crippen LogP contribution in [0.4, 0.5) is 0 Å². The third-order valence-electron chi connectivity index (χ3n) is 2.86. The largest absolute Gasteiger partial charge is 0.383 e. The van der Waals surface area contributed by atoms with E-state index < -0.39 is 5.60 Å². The standard InChI is InChI=1S/C13H16N4O2/c1-13(19,11-7-16-17(2)8-11)9-15-12(18)10-3-5-14-6-4-10/h3-8,19H,9H2,1-2H3,(H,15,18). The van der Waals surface area contributed by atoms with Gasteiger partial charge in [0, 0.05) is 36.8 Å². The maximum Gasteiger partial charge on any atom is 0.251 e. The Bertz CT molecular complexity index is 563. The lowest BCUT2D eigenvalue weighted by molar-refractivity contribution is 0.0526. The zero-order valence-corrected chi connectivity index (χ0v) is 10.9. The van der Waals surface area contributed by atoms with Gasteiger partial charge in [-0.3, -0.25) is 14.5 Å². The van der Waals surface area contributed by atoms with Crippen molar-refractivity contribution < 1.29 is 9.90 Å². The molecule has 6 nitrogen and oxygen atoms in total. The van der Waals surface area contributed by atoms with Crippen LogP contribution < -0.4 is 5.32 Å². The number of nitrogens with zero attached hydrogens (tertiary/aromatic N) is 3. The molecule has 2 heterocycles. The molecule has 0 saturated carbocycles. The topological polar surface area (TPSA) is 80.0 Å². The van der Waals surface area contributed by atoms with Gasteiger partial charge in [-0.2, -0.15) is 5.10 Å². The van der Waals surface area contributed by atoms with Gasteiger partial charge in [0.1, 0.15) is 5.60 Å². The molecule has 0 spiro atoms. The second-order valence-corrected chi connectivity index (χ2v) is 4.60. The number of nitrogens with one attached hydrogen (secondary N) is 1. The molecule has 2 N–H and O–H groups in total. The average Bonchev–Trinajstić information content (AvgIpc) is 2.85. The number of rotatable bonds is 4. The predicted molar refractivity (Wildman–Crippen MR) is 69.3 cm³/mol. The molecule has 2 rings (SSSR count). The van der Waals surface area contributed by atoms with Gasteiger partial charge in [0.05, 0.1) is 12.7 Å². The van der Waals surface area contributed by atoms with Crippen LogP contribution in [-0.2, 0) is 12.6 Å². The fraction of sp³-hybridized carbons (Fsp3) is 0.308. The maximum atomic E-state index is 11.9. The van der Waals surface area contributed by atoms with E-state index in [1.807, 2.05) is 0 Å². The van der Waals surface area contributed by atoms with Crippen LogP contribution in [0.15, 0.2) is 36.9 Å². The molecule has 0 saturated heterocycles. The molecule has 2 aromatic rings. The summed E-state index contributed by atoms with van der Waals surface area (Å²) in [6.07, 6.45) is 6.40. The number of aryl methyl sites for hydroxylation is 1. The quantitative estimate of drug-likeness (QED) is 0.836. The van der Waals surface area contributed by atoms with Gasteiger partial charge < -0.3 is 10.4 Å². The first kappa shape index (κ1) is 13.2. The Morgan fingerprint density at radius 1 is 1.47 bits per heavy atom. The van der Waals surface area contributed by atoms with E-state index in [4.69, 9.17) is 0 Å². The minimum atomic E-state index is -1.16. The van der Waals surface area contributed by atoms with Crippen molar-refractivity contribution in [1.29, 1.82) is 0 Å².